The summed E-state index contributed by atoms with van der Waals surface area (Å²) in [4.78, 5) is 0. The highest BCUT2D eigenvalue weighted by Crippen LogP contribution is 2.52. The van der Waals surface area contributed by atoms with E-state index in [-0.39, 0.29) is 0 Å². The molecule has 2 nitrogen and oxygen atoms in total. The summed E-state index contributed by atoms with van der Waals surface area (Å²) >= 11 is 17.4. The van der Waals surface area contributed by atoms with E-state index in [4.69, 9.17) is 33.9 Å². The van der Waals surface area contributed by atoms with Gasteiger partial charge in [0.05, 0.1) is 18.8 Å². The van der Waals surface area contributed by atoms with Crippen LogP contribution in [0.1, 0.15) is 11.1 Å². The zero-order valence-electron chi connectivity index (χ0n) is 15.5. The molecule has 8 heteroatoms. The number of benzene rings is 3. The van der Waals surface area contributed by atoms with E-state index in [9.17, 15) is 0 Å². The van der Waals surface area contributed by atoms with Crippen LogP contribution in [0.25, 0.3) is 18.8 Å². The first-order valence-corrected chi connectivity index (χ1v) is 13.1. The lowest BCUT2D eigenvalue weighted by Crippen LogP contribution is -1.98. The lowest BCUT2D eigenvalue weighted by molar-refractivity contribution is 0.310. The van der Waals surface area contributed by atoms with Crippen molar-refractivity contribution in [3.63, 3.8) is 0 Å². The molecule has 150 valence electrons. The first-order valence-electron chi connectivity index (χ1n) is 9.06. The van der Waals surface area contributed by atoms with Crippen LogP contribution in [0.5, 0.6) is 11.5 Å². The molecule has 3 aromatic carbocycles. The zero-order chi connectivity index (χ0) is 20.5. The van der Waals surface area contributed by atoms with Gasteiger partial charge in [0.15, 0.2) is 11.5 Å². The van der Waals surface area contributed by atoms with Crippen LogP contribution in [0.4, 0.5) is 0 Å². The minimum absolute atomic E-state index is 0.500. The Labute approximate surface area is 199 Å². The van der Waals surface area contributed by atoms with Gasteiger partial charge in [-0.15, -0.1) is 45.3 Å². The highest BCUT2D eigenvalue weighted by molar-refractivity contribution is 7.77. The van der Waals surface area contributed by atoms with Crippen LogP contribution >= 0.6 is 69.8 Å². The van der Waals surface area contributed by atoms with E-state index in [0.29, 0.717) is 13.2 Å². The van der Waals surface area contributed by atoms with Gasteiger partial charge in [0.1, 0.15) is 19.5 Å². The van der Waals surface area contributed by atoms with Gasteiger partial charge in [0.25, 0.3) is 0 Å². The van der Waals surface area contributed by atoms with E-state index in [1.807, 2.05) is 36.4 Å². The van der Waals surface area contributed by atoms with Gasteiger partial charge < -0.3 is 9.47 Å². The van der Waals surface area contributed by atoms with Crippen molar-refractivity contribution in [1.82, 2.24) is 0 Å². The summed E-state index contributed by atoms with van der Waals surface area (Å²) in [7, 11) is 0. The average molecular weight is 503 g/mol. The predicted molar refractivity (Wildman–Crippen MR) is 136 cm³/mol. The number of hydrogen-bond donors (Lipinski definition) is 0. The Balaban J connectivity index is 1.62. The maximum atomic E-state index is 6.35. The van der Waals surface area contributed by atoms with E-state index >= 15 is 0 Å². The topological polar surface area (TPSA) is 18.5 Å². The standard InChI is InChI=1S/C22H14O2S6/c25-21-27-17-15(23-11-13-7-3-1-4-8-13)18-20(30-22(26)28-18)16(19(17)29-21)24-12-14-9-5-2-6-10-14/h1-10H,11-12H2. The Morgan fingerprint density at radius 2 is 0.867 bits per heavy atom. The molecule has 0 aliphatic heterocycles. The van der Waals surface area contributed by atoms with Gasteiger partial charge >= 0.3 is 0 Å². The van der Waals surface area contributed by atoms with Crippen LogP contribution in [0.3, 0.4) is 0 Å². The molecule has 0 bridgehead atoms. The molecule has 0 radical (unpaired) electrons. The summed E-state index contributed by atoms with van der Waals surface area (Å²) < 4.78 is 18.6. The third-order valence-corrected chi connectivity index (χ3v) is 9.73. The van der Waals surface area contributed by atoms with Crippen molar-refractivity contribution in [2.45, 2.75) is 13.2 Å². The summed E-state index contributed by atoms with van der Waals surface area (Å²) in [5, 5.41) is 0. The molecule has 0 aliphatic rings. The largest absolute Gasteiger partial charge is 0.486 e. The van der Waals surface area contributed by atoms with Crippen molar-refractivity contribution in [2.75, 3.05) is 0 Å². The highest BCUT2D eigenvalue weighted by atomic mass is 32.2. The first kappa shape index (κ1) is 20.2. The fourth-order valence-corrected chi connectivity index (χ4v) is 8.47. The smallest absolute Gasteiger partial charge is 0.157 e. The summed E-state index contributed by atoms with van der Waals surface area (Å²) in [6.07, 6.45) is 0. The van der Waals surface area contributed by atoms with Crippen molar-refractivity contribution in [3.05, 3.63) is 78.1 Å². The molecule has 5 aromatic rings. The monoisotopic (exact) mass is 502 g/mol. The number of ether oxygens (including phenoxy) is 2. The Bertz CT molecular complexity index is 1260. The number of hydrogen-bond acceptors (Lipinski definition) is 8. The van der Waals surface area contributed by atoms with Crippen LogP contribution < -0.4 is 9.47 Å². The quantitative estimate of drug-likeness (QED) is 0.216. The summed E-state index contributed by atoms with van der Waals surface area (Å²) in [6.45, 7) is 1.000. The molecule has 0 atom stereocenters. The molecule has 30 heavy (non-hydrogen) atoms. The van der Waals surface area contributed by atoms with Gasteiger partial charge in [-0.3, -0.25) is 0 Å². The van der Waals surface area contributed by atoms with E-state index in [1.54, 1.807) is 45.3 Å². The molecule has 0 N–H and O–H groups in total. The Morgan fingerprint density at radius 1 is 0.533 bits per heavy atom. The van der Waals surface area contributed by atoms with Crippen LogP contribution in [-0.2, 0) is 13.2 Å². The normalized spacial score (nSPS) is 11.2. The number of rotatable bonds is 6. The molecule has 0 aliphatic carbocycles. The summed E-state index contributed by atoms with van der Waals surface area (Å²) in [5.41, 5.74) is 2.25. The predicted octanol–water partition coefficient (Wildman–Crippen LogP) is 8.86. The molecule has 0 unspecified atom stereocenters. The highest BCUT2D eigenvalue weighted by Gasteiger charge is 2.21. The molecule has 0 fully saturated rings. The lowest BCUT2D eigenvalue weighted by atomic mass is 10.2. The van der Waals surface area contributed by atoms with Gasteiger partial charge in [-0.2, -0.15) is 0 Å². The minimum atomic E-state index is 0.500. The first-order chi connectivity index (χ1) is 14.7. The van der Waals surface area contributed by atoms with Gasteiger partial charge in [0, 0.05) is 0 Å². The third kappa shape index (κ3) is 4.08. The molecular formula is C22H14O2S6. The van der Waals surface area contributed by atoms with E-state index in [1.165, 1.54) is 0 Å². The zero-order valence-corrected chi connectivity index (χ0v) is 20.4. The fourth-order valence-electron chi connectivity index (χ4n) is 3.09. The minimum Gasteiger partial charge on any atom is -0.486 e. The molecule has 0 saturated carbocycles. The number of fused-ring (bicyclic) bond motifs is 2. The van der Waals surface area contributed by atoms with E-state index in [2.05, 4.69) is 24.3 Å². The second kappa shape index (κ2) is 8.82. The molecule has 0 amide bonds. The molecular weight excluding hydrogens is 489 g/mol. The van der Waals surface area contributed by atoms with Crippen LogP contribution in [0.15, 0.2) is 60.7 Å². The molecule has 2 heterocycles. The van der Waals surface area contributed by atoms with Crippen LogP contribution in [0.2, 0.25) is 0 Å². The van der Waals surface area contributed by atoms with E-state index in [0.717, 1.165) is 47.7 Å². The van der Waals surface area contributed by atoms with Gasteiger partial charge in [-0.05, 0) is 11.1 Å². The maximum Gasteiger partial charge on any atom is 0.157 e. The second-order valence-corrected chi connectivity index (χ2v) is 12.9. The Morgan fingerprint density at radius 3 is 1.20 bits per heavy atom. The molecule has 5 rings (SSSR count). The Kier molecular flexibility index (Phi) is 5.95. The summed E-state index contributed by atoms with van der Waals surface area (Å²) in [6, 6.07) is 20.4. The molecule has 2 aromatic heterocycles. The third-order valence-electron chi connectivity index (χ3n) is 4.43. The lowest BCUT2D eigenvalue weighted by Gasteiger charge is -2.13. The van der Waals surface area contributed by atoms with Crippen molar-refractivity contribution in [2.24, 2.45) is 0 Å². The Hall–Kier alpha value is -1.68. The molecule has 0 saturated heterocycles. The molecule has 0 spiro atoms. The maximum absolute atomic E-state index is 6.35. The van der Waals surface area contributed by atoms with Crippen molar-refractivity contribution < 1.29 is 9.47 Å². The summed E-state index contributed by atoms with van der Waals surface area (Å²) in [5.74, 6) is 1.73. The van der Waals surface area contributed by atoms with Crippen LogP contribution in [0, 0.1) is 6.28 Å². The average Bonchev–Trinajstić information content (AvgIpc) is 3.34. The van der Waals surface area contributed by atoms with Crippen molar-refractivity contribution in [1.29, 1.82) is 0 Å². The van der Waals surface area contributed by atoms with Gasteiger partial charge in [-0.25, -0.2) is 0 Å². The van der Waals surface area contributed by atoms with E-state index < -0.39 is 0 Å². The second-order valence-electron chi connectivity index (χ2n) is 6.43. The fraction of sp³-hybridized carbons (Fsp3) is 0.0909. The van der Waals surface area contributed by atoms with Gasteiger partial charge in [0.2, 0.25) is 0 Å². The van der Waals surface area contributed by atoms with Gasteiger partial charge in [-0.1, -0.05) is 85.1 Å². The van der Waals surface area contributed by atoms with Crippen molar-refractivity contribution >= 4 is 88.6 Å². The van der Waals surface area contributed by atoms with Crippen molar-refractivity contribution in [3.8, 4) is 11.5 Å². The SMILES string of the molecule is S=c1sc2c(OCc3ccccc3)c3sc(=S)sc3c(OCc3ccccc3)c2s1. The van der Waals surface area contributed by atoms with Crippen LogP contribution in [-0.4, -0.2) is 0 Å².